The lowest BCUT2D eigenvalue weighted by atomic mass is 10.2. The molecule has 1 amide bonds. The van der Waals surface area contributed by atoms with E-state index in [1.54, 1.807) is 35.8 Å². The number of pyridine rings is 1. The Morgan fingerprint density at radius 1 is 1.07 bits per heavy atom. The molecule has 2 aromatic heterocycles. The second-order valence-electron chi connectivity index (χ2n) is 5.91. The molecule has 1 aliphatic heterocycles. The van der Waals surface area contributed by atoms with Crippen LogP contribution < -0.4 is 0 Å². The summed E-state index contributed by atoms with van der Waals surface area (Å²) >= 11 is 1.30. The molecule has 7 heteroatoms. The number of benzene rings is 1. The van der Waals surface area contributed by atoms with E-state index < -0.39 is 0 Å². The van der Waals surface area contributed by atoms with E-state index in [0.717, 1.165) is 11.1 Å². The van der Waals surface area contributed by atoms with E-state index in [-0.39, 0.29) is 5.91 Å². The van der Waals surface area contributed by atoms with Gasteiger partial charge in [0, 0.05) is 18.0 Å². The van der Waals surface area contributed by atoms with Crippen LogP contribution in [0.25, 0.3) is 6.08 Å². The van der Waals surface area contributed by atoms with Crippen LogP contribution in [0.15, 0.2) is 92.8 Å². The molecular formula is C21H16N4O2S. The predicted molar refractivity (Wildman–Crippen MR) is 111 cm³/mol. The van der Waals surface area contributed by atoms with E-state index in [2.05, 4.69) is 15.2 Å². The maximum absolute atomic E-state index is 12.9. The van der Waals surface area contributed by atoms with Crippen LogP contribution >= 0.6 is 11.8 Å². The molecule has 4 rings (SSSR count). The average molecular weight is 388 g/mol. The van der Waals surface area contributed by atoms with Gasteiger partial charge in [-0.15, -0.1) is 5.10 Å². The first-order valence-corrected chi connectivity index (χ1v) is 9.41. The number of rotatable bonds is 5. The molecule has 3 aromatic rings. The number of furan rings is 1. The van der Waals surface area contributed by atoms with Crippen LogP contribution in [0.5, 0.6) is 0 Å². The molecule has 1 fully saturated rings. The third-order valence-electron chi connectivity index (χ3n) is 3.91. The maximum atomic E-state index is 12.9. The lowest BCUT2D eigenvalue weighted by molar-refractivity contribution is -0.122. The zero-order valence-corrected chi connectivity index (χ0v) is 15.6. The van der Waals surface area contributed by atoms with Crippen molar-refractivity contribution in [3.63, 3.8) is 0 Å². The molecule has 0 N–H and O–H groups in total. The fraction of sp³-hybridized carbons (Fsp3) is 0.0476. The summed E-state index contributed by atoms with van der Waals surface area (Å²) in [6, 6.07) is 17.0. The van der Waals surface area contributed by atoms with Gasteiger partial charge in [-0.05, 0) is 41.6 Å². The number of carbonyl (C=O) groups excluding carboxylic acids is 1. The number of carbonyl (C=O) groups is 1. The monoisotopic (exact) mass is 388 g/mol. The Morgan fingerprint density at radius 2 is 1.93 bits per heavy atom. The third-order valence-corrected chi connectivity index (χ3v) is 4.91. The molecule has 3 heterocycles. The Kier molecular flexibility index (Phi) is 5.44. The summed E-state index contributed by atoms with van der Waals surface area (Å²) in [5.41, 5.74) is 1.79. The summed E-state index contributed by atoms with van der Waals surface area (Å²) in [7, 11) is 0. The van der Waals surface area contributed by atoms with Crippen LogP contribution in [0.3, 0.4) is 0 Å². The fourth-order valence-electron chi connectivity index (χ4n) is 2.58. The van der Waals surface area contributed by atoms with Gasteiger partial charge < -0.3 is 4.42 Å². The van der Waals surface area contributed by atoms with Crippen LogP contribution in [0.4, 0.5) is 0 Å². The molecular weight excluding hydrogens is 372 g/mol. The topological polar surface area (TPSA) is 71.1 Å². The first-order chi connectivity index (χ1) is 13.8. The highest BCUT2D eigenvalue weighted by Crippen LogP contribution is 2.33. The lowest BCUT2D eigenvalue weighted by Crippen LogP contribution is -2.28. The quantitative estimate of drug-likeness (QED) is 0.373. The van der Waals surface area contributed by atoms with Crippen molar-refractivity contribution in [1.82, 2.24) is 9.88 Å². The van der Waals surface area contributed by atoms with Gasteiger partial charge in [0.1, 0.15) is 5.76 Å². The van der Waals surface area contributed by atoms with Gasteiger partial charge in [0.2, 0.25) is 0 Å². The summed E-state index contributed by atoms with van der Waals surface area (Å²) in [6.45, 7) is 0.298. The molecule has 1 aliphatic rings. The fourth-order valence-corrected chi connectivity index (χ4v) is 3.51. The molecule has 0 saturated carbocycles. The van der Waals surface area contributed by atoms with E-state index in [9.17, 15) is 4.79 Å². The second kappa shape index (κ2) is 8.49. The molecule has 0 aliphatic carbocycles. The van der Waals surface area contributed by atoms with Crippen molar-refractivity contribution in [2.45, 2.75) is 6.54 Å². The number of hydrogen-bond acceptors (Lipinski definition) is 6. The Bertz CT molecular complexity index is 1030. The largest absolute Gasteiger partial charge is 0.467 e. The third kappa shape index (κ3) is 4.27. The Balaban J connectivity index is 1.61. The molecule has 6 nitrogen and oxygen atoms in total. The lowest BCUT2D eigenvalue weighted by Gasteiger charge is -2.12. The number of amides is 1. The summed E-state index contributed by atoms with van der Waals surface area (Å²) in [5, 5.41) is 8.90. The van der Waals surface area contributed by atoms with Gasteiger partial charge in [-0.1, -0.05) is 36.4 Å². The number of nitrogens with zero attached hydrogens (tertiary/aromatic N) is 4. The van der Waals surface area contributed by atoms with Gasteiger partial charge >= 0.3 is 0 Å². The van der Waals surface area contributed by atoms with E-state index in [1.807, 2.05) is 54.6 Å². The van der Waals surface area contributed by atoms with E-state index >= 15 is 0 Å². The first-order valence-electron chi connectivity index (χ1n) is 8.59. The molecule has 0 radical (unpaired) electrons. The molecule has 1 saturated heterocycles. The Hall–Kier alpha value is -3.45. The summed E-state index contributed by atoms with van der Waals surface area (Å²) in [4.78, 5) is 19.1. The minimum absolute atomic E-state index is 0.124. The van der Waals surface area contributed by atoms with Gasteiger partial charge in [0.25, 0.3) is 5.91 Å². The van der Waals surface area contributed by atoms with Crippen LogP contribution in [0.1, 0.15) is 16.9 Å². The molecule has 28 heavy (non-hydrogen) atoms. The first kappa shape index (κ1) is 17.9. The predicted octanol–water partition coefficient (Wildman–Crippen LogP) is 4.18. The molecule has 0 bridgehead atoms. The zero-order valence-electron chi connectivity index (χ0n) is 14.8. The molecule has 138 valence electrons. The van der Waals surface area contributed by atoms with E-state index in [1.165, 1.54) is 11.8 Å². The zero-order chi connectivity index (χ0) is 19.2. The molecule has 1 aromatic carbocycles. The Labute approximate surface area is 166 Å². The van der Waals surface area contributed by atoms with Gasteiger partial charge in [-0.25, -0.2) is 0 Å². The smallest absolute Gasteiger partial charge is 0.267 e. The molecule has 0 unspecified atom stereocenters. The minimum Gasteiger partial charge on any atom is -0.467 e. The van der Waals surface area contributed by atoms with Crippen molar-refractivity contribution in [3.05, 3.63) is 95.0 Å². The average Bonchev–Trinajstić information content (AvgIpc) is 3.34. The second-order valence-corrected chi connectivity index (χ2v) is 6.91. The van der Waals surface area contributed by atoms with Gasteiger partial charge in [0.05, 0.1) is 23.9 Å². The van der Waals surface area contributed by atoms with Gasteiger partial charge in [-0.2, -0.15) is 5.10 Å². The van der Waals surface area contributed by atoms with Crippen LogP contribution in [0, 0.1) is 0 Å². The van der Waals surface area contributed by atoms with Crippen molar-refractivity contribution in [1.29, 1.82) is 0 Å². The Morgan fingerprint density at radius 3 is 2.68 bits per heavy atom. The highest BCUT2D eigenvalue weighted by molar-refractivity contribution is 8.18. The van der Waals surface area contributed by atoms with E-state index in [0.29, 0.717) is 22.4 Å². The maximum Gasteiger partial charge on any atom is 0.267 e. The SMILES string of the molecule is O=C1/C(=C/c2ccccc2)S/C(=N/N=C\c2cccnc2)N1Cc1ccco1. The van der Waals surface area contributed by atoms with Crippen molar-refractivity contribution in [3.8, 4) is 0 Å². The minimum atomic E-state index is -0.124. The van der Waals surface area contributed by atoms with Crippen LogP contribution in [-0.2, 0) is 11.3 Å². The van der Waals surface area contributed by atoms with Crippen LogP contribution in [0.2, 0.25) is 0 Å². The van der Waals surface area contributed by atoms with Crippen molar-refractivity contribution >= 4 is 35.1 Å². The summed E-state index contributed by atoms with van der Waals surface area (Å²) < 4.78 is 5.40. The number of amidine groups is 1. The van der Waals surface area contributed by atoms with Crippen LogP contribution in [-0.4, -0.2) is 27.2 Å². The number of hydrogen-bond donors (Lipinski definition) is 0. The molecule has 0 spiro atoms. The standard InChI is InChI=1S/C21H16N4O2S/c26-20-19(12-16-6-2-1-3-7-16)28-21(25(20)15-18-9-5-11-27-18)24-23-14-17-8-4-10-22-13-17/h1-14H,15H2/b19-12-,23-14-,24-21+. The summed E-state index contributed by atoms with van der Waals surface area (Å²) in [6.07, 6.45) is 8.43. The van der Waals surface area contributed by atoms with Crippen molar-refractivity contribution in [2.75, 3.05) is 0 Å². The normalized spacial score (nSPS) is 17.3. The number of aromatic nitrogens is 1. The summed E-state index contributed by atoms with van der Waals surface area (Å²) in [5.74, 6) is 0.555. The van der Waals surface area contributed by atoms with E-state index in [4.69, 9.17) is 4.42 Å². The van der Waals surface area contributed by atoms with Crippen molar-refractivity contribution < 1.29 is 9.21 Å². The highest BCUT2D eigenvalue weighted by Gasteiger charge is 2.34. The van der Waals surface area contributed by atoms with Gasteiger partial charge in [0.15, 0.2) is 5.17 Å². The highest BCUT2D eigenvalue weighted by atomic mass is 32.2. The number of thioether (sulfide) groups is 1. The van der Waals surface area contributed by atoms with Crippen molar-refractivity contribution in [2.24, 2.45) is 10.2 Å². The molecule has 0 atom stereocenters. The van der Waals surface area contributed by atoms with Gasteiger partial charge in [-0.3, -0.25) is 14.7 Å².